The molecule has 2 rings (SSSR count). The van der Waals surface area contributed by atoms with E-state index in [-0.39, 0.29) is 30.4 Å². The van der Waals surface area contributed by atoms with Crippen LogP contribution in [0.2, 0.25) is 0 Å². The summed E-state index contributed by atoms with van der Waals surface area (Å²) >= 11 is 0. The molecule has 0 aromatic heterocycles. The summed E-state index contributed by atoms with van der Waals surface area (Å²) < 4.78 is 0. The molecule has 0 spiro atoms. The van der Waals surface area contributed by atoms with E-state index in [1.54, 1.807) is 0 Å². The van der Waals surface area contributed by atoms with Crippen LogP contribution in [0.4, 0.5) is 0 Å². The van der Waals surface area contributed by atoms with Crippen LogP contribution in [0.25, 0.3) is 0 Å². The van der Waals surface area contributed by atoms with Gasteiger partial charge < -0.3 is 15.7 Å². The Hall–Kier alpha value is -1.72. The number of Topliss-reactive ketones (excluding diaryl/α,β-unsaturated/α-hetero) is 1. The van der Waals surface area contributed by atoms with Crippen LogP contribution in [-0.2, 0) is 4.79 Å². The lowest BCUT2D eigenvalue weighted by atomic mass is 9.99. The Balaban J connectivity index is 1.78. The highest BCUT2D eigenvalue weighted by Gasteiger charge is 2.25. The SMILES string of the molecule is Cc1ccc(C)c(C(=O)CCC(=O)NCC2CNCC2O)c1. The Morgan fingerprint density at radius 3 is 2.73 bits per heavy atom. The van der Waals surface area contributed by atoms with Crippen LogP contribution in [0, 0.1) is 19.8 Å². The van der Waals surface area contributed by atoms with E-state index in [1.807, 2.05) is 32.0 Å². The van der Waals surface area contributed by atoms with E-state index in [4.69, 9.17) is 0 Å². The standard InChI is InChI=1S/C17H24N2O3/c1-11-3-4-12(2)14(7-11)15(20)5-6-17(22)19-9-13-8-18-10-16(13)21/h3-4,7,13,16,18,21H,5-6,8-10H2,1-2H3,(H,19,22). The third kappa shape index (κ3) is 4.39. The average Bonchev–Trinajstić information content (AvgIpc) is 2.90. The minimum Gasteiger partial charge on any atom is -0.391 e. The summed E-state index contributed by atoms with van der Waals surface area (Å²) in [6.07, 6.45) is -0.0128. The van der Waals surface area contributed by atoms with Crippen LogP contribution in [0.3, 0.4) is 0 Å². The molecule has 1 fully saturated rings. The lowest BCUT2D eigenvalue weighted by molar-refractivity contribution is -0.121. The van der Waals surface area contributed by atoms with E-state index in [9.17, 15) is 14.7 Å². The highest BCUT2D eigenvalue weighted by Crippen LogP contribution is 2.14. The van der Waals surface area contributed by atoms with Crippen molar-refractivity contribution in [3.63, 3.8) is 0 Å². The number of amides is 1. The van der Waals surface area contributed by atoms with Gasteiger partial charge in [-0.25, -0.2) is 0 Å². The van der Waals surface area contributed by atoms with Gasteiger partial charge in [0.2, 0.25) is 5.91 Å². The predicted octanol–water partition coefficient (Wildman–Crippen LogP) is 0.963. The van der Waals surface area contributed by atoms with Crippen molar-refractivity contribution >= 4 is 11.7 Å². The number of rotatable bonds is 6. The van der Waals surface area contributed by atoms with E-state index in [0.717, 1.165) is 11.1 Å². The Labute approximate surface area is 131 Å². The van der Waals surface area contributed by atoms with Gasteiger partial charge >= 0.3 is 0 Å². The molecule has 1 aliphatic rings. The van der Waals surface area contributed by atoms with Gasteiger partial charge in [0.05, 0.1) is 6.10 Å². The molecule has 22 heavy (non-hydrogen) atoms. The molecule has 0 radical (unpaired) electrons. The van der Waals surface area contributed by atoms with Gasteiger partial charge in [0.15, 0.2) is 5.78 Å². The molecule has 1 aromatic carbocycles. The largest absolute Gasteiger partial charge is 0.391 e. The van der Waals surface area contributed by atoms with Crippen molar-refractivity contribution in [2.45, 2.75) is 32.8 Å². The van der Waals surface area contributed by atoms with Crippen molar-refractivity contribution in [1.29, 1.82) is 0 Å². The average molecular weight is 304 g/mol. The van der Waals surface area contributed by atoms with Gasteiger partial charge in [-0.05, 0) is 25.5 Å². The lowest BCUT2D eigenvalue weighted by Gasteiger charge is -2.14. The summed E-state index contributed by atoms with van der Waals surface area (Å²) in [5.41, 5.74) is 2.68. The zero-order chi connectivity index (χ0) is 16.1. The van der Waals surface area contributed by atoms with Gasteiger partial charge in [0.25, 0.3) is 0 Å². The second-order valence-electron chi connectivity index (χ2n) is 6.03. The van der Waals surface area contributed by atoms with Gasteiger partial charge in [-0.1, -0.05) is 17.7 Å². The summed E-state index contributed by atoms with van der Waals surface area (Å²) in [6, 6.07) is 5.77. The van der Waals surface area contributed by atoms with Crippen molar-refractivity contribution in [2.75, 3.05) is 19.6 Å². The number of nitrogens with one attached hydrogen (secondary N) is 2. The van der Waals surface area contributed by atoms with Crippen molar-refractivity contribution in [2.24, 2.45) is 5.92 Å². The molecule has 0 aliphatic carbocycles. The van der Waals surface area contributed by atoms with Crippen molar-refractivity contribution in [3.05, 3.63) is 34.9 Å². The highest BCUT2D eigenvalue weighted by molar-refractivity contribution is 5.99. The van der Waals surface area contributed by atoms with E-state index in [0.29, 0.717) is 25.2 Å². The molecule has 5 nitrogen and oxygen atoms in total. The fourth-order valence-corrected chi connectivity index (χ4v) is 2.66. The minimum absolute atomic E-state index is 0.00100. The molecule has 3 N–H and O–H groups in total. The Kier molecular flexibility index (Phi) is 5.69. The van der Waals surface area contributed by atoms with Gasteiger partial charge in [0.1, 0.15) is 0 Å². The molecular weight excluding hydrogens is 280 g/mol. The lowest BCUT2D eigenvalue weighted by Crippen LogP contribution is -2.34. The maximum Gasteiger partial charge on any atom is 0.220 e. The second-order valence-corrected chi connectivity index (χ2v) is 6.03. The quantitative estimate of drug-likeness (QED) is 0.684. The van der Waals surface area contributed by atoms with Crippen molar-refractivity contribution in [3.8, 4) is 0 Å². The minimum atomic E-state index is -0.406. The monoisotopic (exact) mass is 304 g/mol. The Bertz CT molecular complexity index is 557. The number of hydrogen-bond acceptors (Lipinski definition) is 4. The van der Waals surface area contributed by atoms with Crippen LogP contribution < -0.4 is 10.6 Å². The topological polar surface area (TPSA) is 78.4 Å². The van der Waals surface area contributed by atoms with Crippen LogP contribution in [0.5, 0.6) is 0 Å². The molecule has 1 amide bonds. The van der Waals surface area contributed by atoms with Crippen LogP contribution in [0.15, 0.2) is 18.2 Å². The van der Waals surface area contributed by atoms with Crippen molar-refractivity contribution in [1.82, 2.24) is 10.6 Å². The molecule has 1 aromatic rings. The summed E-state index contributed by atoms with van der Waals surface area (Å²) in [5.74, 6) is -0.0876. The van der Waals surface area contributed by atoms with E-state index < -0.39 is 6.10 Å². The summed E-state index contributed by atoms with van der Waals surface area (Å²) in [6.45, 7) is 5.59. The first-order valence-corrected chi connectivity index (χ1v) is 7.73. The summed E-state index contributed by atoms with van der Waals surface area (Å²) in [7, 11) is 0. The number of ketones is 1. The van der Waals surface area contributed by atoms with E-state index >= 15 is 0 Å². The number of benzene rings is 1. The van der Waals surface area contributed by atoms with Crippen LogP contribution >= 0.6 is 0 Å². The Morgan fingerprint density at radius 1 is 1.27 bits per heavy atom. The van der Waals surface area contributed by atoms with E-state index in [2.05, 4.69) is 10.6 Å². The smallest absolute Gasteiger partial charge is 0.220 e. The molecule has 1 heterocycles. The first-order chi connectivity index (χ1) is 10.5. The maximum absolute atomic E-state index is 12.2. The molecule has 1 aliphatic heterocycles. The first kappa shape index (κ1) is 16.6. The molecule has 1 saturated heterocycles. The molecule has 5 heteroatoms. The number of carbonyl (C=O) groups excluding carboxylic acids is 2. The van der Waals surface area contributed by atoms with E-state index in [1.165, 1.54) is 0 Å². The summed E-state index contributed by atoms with van der Waals surface area (Å²) in [4.78, 5) is 24.0. The number of aliphatic hydroxyl groups excluding tert-OH is 1. The zero-order valence-electron chi connectivity index (χ0n) is 13.2. The van der Waals surface area contributed by atoms with Gasteiger partial charge in [-0.15, -0.1) is 0 Å². The van der Waals surface area contributed by atoms with Crippen LogP contribution in [-0.4, -0.2) is 42.5 Å². The second kappa shape index (κ2) is 7.51. The number of hydrogen-bond donors (Lipinski definition) is 3. The number of aryl methyl sites for hydroxylation is 2. The number of carbonyl (C=O) groups is 2. The molecule has 0 saturated carbocycles. The number of aliphatic hydroxyl groups is 1. The van der Waals surface area contributed by atoms with Gasteiger partial charge in [-0.2, -0.15) is 0 Å². The molecular formula is C17H24N2O3. The number of β-amino-alcohol motifs (C(OH)–C–C–N with tert-alkyl or cyclic N) is 1. The normalized spacial score (nSPS) is 20.9. The molecule has 120 valence electrons. The fourth-order valence-electron chi connectivity index (χ4n) is 2.66. The summed E-state index contributed by atoms with van der Waals surface area (Å²) in [5, 5.41) is 15.5. The van der Waals surface area contributed by atoms with Crippen molar-refractivity contribution < 1.29 is 14.7 Å². The maximum atomic E-state index is 12.2. The Morgan fingerprint density at radius 2 is 2.05 bits per heavy atom. The third-order valence-electron chi connectivity index (χ3n) is 4.14. The first-order valence-electron chi connectivity index (χ1n) is 7.73. The van der Waals surface area contributed by atoms with Crippen LogP contribution in [0.1, 0.15) is 34.3 Å². The van der Waals surface area contributed by atoms with Gasteiger partial charge in [0, 0.05) is 44.0 Å². The predicted molar refractivity (Wildman–Crippen MR) is 84.9 cm³/mol. The molecule has 2 atom stereocenters. The van der Waals surface area contributed by atoms with Gasteiger partial charge in [-0.3, -0.25) is 9.59 Å². The fraction of sp³-hybridized carbons (Fsp3) is 0.529. The third-order valence-corrected chi connectivity index (χ3v) is 4.14. The zero-order valence-corrected chi connectivity index (χ0v) is 13.2. The highest BCUT2D eigenvalue weighted by atomic mass is 16.3. The molecule has 2 unspecified atom stereocenters. The molecule has 0 bridgehead atoms.